The largest absolute Gasteiger partial charge is 0.493 e. The lowest BCUT2D eigenvalue weighted by atomic mass is 10.1. The Morgan fingerprint density at radius 1 is 0.833 bits per heavy atom. The van der Waals surface area contributed by atoms with E-state index in [0.29, 0.717) is 34.3 Å². The molecule has 0 spiro atoms. The van der Waals surface area contributed by atoms with Crippen LogP contribution in [0.25, 0.3) is 6.08 Å². The van der Waals surface area contributed by atoms with Crippen molar-refractivity contribution in [2.24, 2.45) is 0 Å². The van der Waals surface area contributed by atoms with E-state index in [9.17, 15) is 9.59 Å². The van der Waals surface area contributed by atoms with Gasteiger partial charge in [0, 0.05) is 17.0 Å². The summed E-state index contributed by atoms with van der Waals surface area (Å²) in [5.74, 6) is 1.35. The van der Waals surface area contributed by atoms with Crippen molar-refractivity contribution in [3.05, 3.63) is 69.5 Å². The number of methoxy groups -OCH3 is 5. The number of thiophene rings is 1. The zero-order valence-corrected chi connectivity index (χ0v) is 21.5. The molecule has 1 heterocycles. The Morgan fingerprint density at radius 3 is 2.06 bits per heavy atom. The van der Waals surface area contributed by atoms with Gasteiger partial charge in [-0.25, -0.2) is 0 Å². The fourth-order valence-electron chi connectivity index (χ4n) is 3.36. The van der Waals surface area contributed by atoms with Crippen LogP contribution in [0.2, 0.25) is 0 Å². The normalized spacial score (nSPS) is 10.9. The van der Waals surface area contributed by atoms with Gasteiger partial charge in [-0.2, -0.15) is 0 Å². The maximum Gasteiger partial charge on any atom is 0.268 e. The fourth-order valence-corrected chi connectivity index (χ4v) is 4.02. The molecule has 36 heavy (non-hydrogen) atoms. The SMILES string of the molecule is COc1ccc(C(=O)N/C(=C\c2cccs2)C(=O)NCc2cc(OC)c(OC)c(OC)c2)cc1OC. The van der Waals surface area contributed by atoms with E-state index in [0.717, 1.165) is 10.4 Å². The van der Waals surface area contributed by atoms with Gasteiger partial charge in [-0.3, -0.25) is 9.59 Å². The van der Waals surface area contributed by atoms with Gasteiger partial charge in [0.25, 0.3) is 11.8 Å². The summed E-state index contributed by atoms with van der Waals surface area (Å²) in [4.78, 5) is 26.9. The summed E-state index contributed by atoms with van der Waals surface area (Å²) >= 11 is 1.44. The smallest absolute Gasteiger partial charge is 0.268 e. The first kappa shape index (κ1) is 26.4. The van der Waals surface area contributed by atoms with Crippen molar-refractivity contribution in [3.63, 3.8) is 0 Å². The Kier molecular flexibility index (Phi) is 9.18. The third-order valence-corrected chi connectivity index (χ3v) is 5.97. The average molecular weight is 513 g/mol. The summed E-state index contributed by atoms with van der Waals surface area (Å²) in [5.41, 5.74) is 1.12. The zero-order valence-electron chi connectivity index (χ0n) is 20.7. The number of carbonyl (C=O) groups excluding carboxylic acids is 2. The van der Waals surface area contributed by atoms with E-state index in [1.807, 2.05) is 17.5 Å². The van der Waals surface area contributed by atoms with Crippen molar-refractivity contribution in [1.82, 2.24) is 10.6 Å². The van der Waals surface area contributed by atoms with Gasteiger partial charge in [0.15, 0.2) is 23.0 Å². The van der Waals surface area contributed by atoms with Crippen LogP contribution in [0.3, 0.4) is 0 Å². The van der Waals surface area contributed by atoms with E-state index in [1.54, 1.807) is 36.4 Å². The molecular weight excluding hydrogens is 484 g/mol. The number of rotatable bonds is 11. The fraction of sp³-hybridized carbons (Fsp3) is 0.231. The van der Waals surface area contributed by atoms with Gasteiger partial charge in [0.05, 0.1) is 35.5 Å². The second-order valence-electron chi connectivity index (χ2n) is 7.31. The molecule has 2 aromatic carbocycles. The predicted molar refractivity (Wildman–Crippen MR) is 137 cm³/mol. The second kappa shape index (κ2) is 12.5. The van der Waals surface area contributed by atoms with E-state index in [-0.39, 0.29) is 12.2 Å². The minimum Gasteiger partial charge on any atom is -0.493 e. The minimum absolute atomic E-state index is 0.0877. The molecule has 0 radical (unpaired) electrons. The van der Waals surface area contributed by atoms with Gasteiger partial charge in [-0.15, -0.1) is 11.3 Å². The first-order valence-electron chi connectivity index (χ1n) is 10.8. The molecule has 3 aromatic rings. The Balaban J connectivity index is 1.82. The van der Waals surface area contributed by atoms with E-state index in [4.69, 9.17) is 23.7 Å². The lowest BCUT2D eigenvalue weighted by Gasteiger charge is -2.15. The number of hydrogen-bond acceptors (Lipinski definition) is 8. The van der Waals surface area contributed by atoms with Gasteiger partial charge in [0.2, 0.25) is 5.75 Å². The average Bonchev–Trinajstić information content (AvgIpc) is 3.43. The van der Waals surface area contributed by atoms with E-state index in [2.05, 4.69) is 10.6 Å². The number of nitrogens with one attached hydrogen (secondary N) is 2. The minimum atomic E-state index is -0.471. The van der Waals surface area contributed by atoms with Gasteiger partial charge in [0.1, 0.15) is 5.70 Å². The van der Waals surface area contributed by atoms with Crippen LogP contribution in [-0.4, -0.2) is 47.4 Å². The Bertz CT molecular complexity index is 1210. The molecule has 10 heteroatoms. The molecule has 0 saturated carbocycles. The number of amides is 2. The first-order chi connectivity index (χ1) is 17.4. The molecule has 0 atom stereocenters. The summed E-state index contributed by atoms with van der Waals surface area (Å²) in [6.07, 6.45) is 1.62. The number of carbonyl (C=O) groups is 2. The number of hydrogen-bond donors (Lipinski definition) is 2. The molecule has 2 N–H and O–H groups in total. The molecule has 1 aromatic heterocycles. The lowest BCUT2D eigenvalue weighted by Crippen LogP contribution is -2.34. The summed E-state index contributed by atoms with van der Waals surface area (Å²) in [6, 6.07) is 12.0. The summed E-state index contributed by atoms with van der Waals surface area (Å²) in [5, 5.41) is 7.43. The van der Waals surface area contributed by atoms with Gasteiger partial charge >= 0.3 is 0 Å². The van der Waals surface area contributed by atoms with Crippen LogP contribution in [0.4, 0.5) is 0 Å². The van der Waals surface area contributed by atoms with Crippen molar-refractivity contribution >= 4 is 29.2 Å². The molecule has 0 aliphatic heterocycles. The highest BCUT2D eigenvalue weighted by Crippen LogP contribution is 2.38. The maximum atomic E-state index is 13.1. The molecule has 3 rings (SSSR count). The second-order valence-corrected chi connectivity index (χ2v) is 8.29. The summed E-state index contributed by atoms with van der Waals surface area (Å²) < 4.78 is 26.6. The molecule has 0 aliphatic rings. The van der Waals surface area contributed by atoms with Crippen LogP contribution >= 0.6 is 11.3 Å². The van der Waals surface area contributed by atoms with Crippen molar-refractivity contribution < 1.29 is 33.3 Å². The highest BCUT2D eigenvalue weighted by atomic mass is 32.1. The van der Waals surface area contributed by atoms with Crippen molar-refractivity contribution in [2.75, 3.05) is 35.5 Å². The molecule has 0 fully saturated rings. The van der Waals surface area contributed by atoms with E-state index in [1.165, 1.54) is 46.9 Å². The third-order valence-electron chi connectivity index (χ3n) is 5.15. The quantitative estimate of drug-likeness (QED) is 0.376. The van der Waals surface area contributed by atoms with E-state index < -0.39 is 11.8 Å². The Hall–Kier alpha value is -4.18. The summed E-state index contributed by atoms with van der Waals surface area (Å²) in [7, 11) is 7.55. The van der Waals surface area contributed by atoms with Crippen molar-refractivity contribution in [2.45, 2.75) is 6.54 Å². The Morgan fingerprint density at radius 2 is 1.50 bits per heavy atom. The van der Waals surface area contributed by atoms with Crippen LogP contribution in [0, 0.1) is 0 Å². The van der Waals surface area contributed by atoms with Gasteiger partial charge in [-0.05, 0) is 53.4 Å². The molecule has 2 amide bonds. The van der Waals surface area contributed by atoms with Crippen molar-refractivity contribution in [3.8, 4) is 28.7 Å². The molecule has 0 aliphatic carbocycles. The predicted octanol–water partition coefficient (Wildman–Crippen LogP) is 3.88. The van der Waals surface area contributed by atoms with Crippen LogP contribution < -0.4 is 34.3 Å². The monoisotopic (exact) mass is 512 g/mol. The molecular formula is C26H28N2O7S. The van der Waals surface area contributed by atoms with Gasteiger partial charge < -0.3 is 34.3 Å². The van der Waals surface area contributed by atoms with Gasteiger partial charge in [-0.1, -0.05) is 6.07 Å². The van der Waals surface area contributed by atoms with Crippen LogP contribution in [0.5, 0.6) is 28.7 Å². The standard InChI is InChI=1S/C26H28N2O7S/c1-31-20-9-8-17(13-21(20)32-2)25(29)28-19(14-18-7-6-10-36-18)26(30)27-15-16-11-22(33-3)24(35-5)23(12-16)34-4/h6-14H,15H2,1-5H3,(H,27,30)(H,28,29)/b19-14-. The maximum absolute atomic E-state index is 13.1. The number of benzene rings is 2. The topological polar surface area (TPSA) is 104 Å². The zero-order chi connectivity index (χ0) is 26.1. The highest BCUT2D eigenvalue weighted by Gasteiger charge is 2.18. The van der Waals surface area contributed by atoms with Crippen molar-refractivity contribution in [1.29, 1.82) is 0 Å². The molecule has 9 nitrogen and oxygen atoms in total. The van der Waals surface area contributed by atoms with Crippen LogP contribution in [0.1, 0.15) is 20.8 Å². The van der Waals surface area contributed by atoms with Crippen LogP contribution in [-0.2, 0) is 11.3 Å². The lowest BCUT2D eigenvalue weighted by molar-refractivity contribution is -0.117. The molecule has 0 unspecified atom stereocenters. The molecule has 0 bridgehead atoms. The highest BCUT2D eigenvalue weighted by molar-refractivity contribution is 7.10. The Labute approximate surface area is 213 Å². The number of ether oxygens (including phenoxy) is 5. The van der Waals surface area contributed by atoms with E-state index >= 15 is 0 Å². The molecule has 0 saturated heterocycles. The third kappa shape index (κ3) is 6.28. The summed E-state index contributed by atoms with van der Waals surface area (Å²) in [6.45, 7) is 0.156. The van der Waals surface area contributed by atoms with Crippen LogP contribution in [0.15, 0.2) is 53.5 Å². The first-order valence-corrected chi connectivity index (χ1v) is 11.7. The molecule has 190 valence electrons.